The zero-order valence-corrected chi connectivity index (χ0v) is 12.3. The van der Waals surface area contributed by atoms with E-state index in [1.165, 1.54) is 0 Å². The van der Waals surface area contributed by atoms with Crippen LogP contribution in [0.4, 0.5) is 0 Å². The van der Waals surface area contributed by atoms with Crippen LogP contribution in [0.15, 0.2) is 12.1 Å². The van der Waals surface area contributed by atoms with E-state index in [9.17, 15) is 0 Å². The van der Waals surface area contributed by atoms with Gasteiger partial charge in [0.1, 0.15) is 12.4 Å². The lowest BCUT2D eigenvalue weighted by atomic mass is 10.2. The van der Waals surface area contributed by atoms with Gasteiger partial charge < -0.3 is 14.8 Å². The Labute approximate surface area is 118 Å². The van der Waals surface area contributed by atoms with E-state index in [4.69, 9.17) is 32.7 Å². The van der Waals surface area contributed by atoms with E-state index < -0.39 is 0 Å². The fraction of sp³-hybridized carbons (Fsp3) is 0.538. The van der Waals surface area contributed by atoms with Crippen LogP contribution in [-0.2, 0) is 11.3 Å². The molecule has 0 heterocycles. The SMILES string of the molecule is CCCNCc1cc(Cl)cc(Cl)c1OCCOC. The summed E-state index contributed by atoms with van der Waals surface area (Å²) in [6.07, 6.45) is 1.08. The molecule has 0 aliphatic rings. The second kappa shape index (κ2) is 8.59. The molecule has 0 atom stereocenters. The monoisotopic (exact) mass is 291 g/mol. The standard InChI is InChI=1S/C13H19Cl2NO2/c1-3-4-16-9-10-7-11(14)8-12(15)13(10)18-6-5-17-2/h7-8,16H,3-6,9H2,1-2H3. The van der Waals surface area contributed by atoms with Crippen molar-refractivity contribution in [3.63, 3.8) is 0 Å². The van der Waals surface area contributed by atoms with E-state index in [0.29, 0.717) is 35.6 Å². The zero-order valence-electron chi connectivity index (χ0n) is 10.8. The summed E-state index contributed by atoms with van der Waals surface area (Å²) < 4.78 is 10.6. The first-order valence-corrected chi connectivity index (χ1v) is 6.75. The van der Waals surface area contributed by atoms with Gasteiger partial charge in [-0.25, -0.2) is 0 Å². The number of halogens is 2. The van der Waals surface area contributed by atoms with Crippen molar-refractivity contribution in [1.29, 1.82) is 0 Å². The van der Waals surface area contributed by atoms with Crippen LogP contribution in [-0.4, -0.2) is 26.9 Å². The van der Waals surface area contributed by atoms with Crippen molar-refractivity contribution in [3.05, 3.63) is 27.7 Å². The summed E-state index contributed by atoms with van der Waals surface area (Å²) in [5.74, 6) is 0.682. The van der Waals surface area contributed by atoms with Gasteiger partial charge in [-0.05, 0) is 25.1 Å². The van der Waals surface area contributed by atoms with Crippen LogP contribution in [0.1, 0.15) is 18.9 Å². The normalized spacial score (nSPS) is 10.7. The van der Waals surface area contributed by atoms with Crippen LogP contribution in [0, 0.1) is 0 Å². The quantitative estimate of drug-likeness (QED) is 0.744. The molecule has 3 nitrogen and oxygen atoms in total. The first-order chi connectivity index (χ1) is 8.69. The summed E-state index contributed by atoms with van der Waals surface area (Å²) in [5, 5.41) is 4.46. The average molecular weight is 292 g/mol. The van der Waals surface area contributed by atoms with Gasteiger partial charge in [0.15, 0.2) is 0 Å². The second-order valence-corrected chi connectivity index (χ2v) is 4.74. The Morgan fingerprint density at radius 2 is 2.00 bits per heavy atom. The summed E-state index contributed by atoms with van der Waals surface area (Å²) in [4.78, 5) is 0. The van der Waals surface area contributed by atoms with Crippen molar-refractivity contribution < 1.29 is 9.47 Å². The fourth-order valence-corrected chi connectivity index (χ4v) is 2.12. The fourth-order valence-electron chi connectivity index (χ4n) is 1.53. The van der Waals surface area contributed by atoms with Crippen molar-refractivity contribution >= 4 is 23.2 Å². The Balaban J connectivity index is 2.76. The molecule has 0 aromatic heterocycles. The van der Waals surface area contributed by atoms with Gasteiger partial charge in [0, 0.05) is 24.2 Å². The number of nitrogens with one attached hydrogen (secondary N) is 1. The lowest BCUT2D eigenvalue weighted by molar-refractivity contribution is 0.145. The maximum absolute atomic E-state index is 6.15. The van der Waals surface area contributed by atoms with Crippen molar-refractivity contribution in [2.24, 2.45) is 0 Å². The van der Waals surface area contributed by atoms with Gasteiger partial charge in [0.2, 0.25) is 0 Å². The zero-order chi connectivity index (χ0) is 13.4. The van der Waals surface area contributed by atoms with Crippen molar-refractivity contribution in [2.75, 3.05) is 26.9 Å². The minimum Gasteiger partial charge on any atom is -0.489 e. The molecule has 1 rings (SSSR count). The van der Waals surface area contributed by atoms with Gasteiger partial charge in [0.25, 0.3) is 0 Å². The number of benzene rings is 1. The first kappa shape index (κ1) is 15.6. The minimum atomic E-state index is 0.471. The van der Waals surface area contributed by atoms with E-state index >= 15 is 0 Å². The molecule has 0 aliphatic heterocycles. The van der Waals surface area contributed by atoms with Gasteiger partial charge in [0.05, 0.1) is 11.6 Å². The predicted molar refractivity (Wildman–Crippen MR) is 75.8 cm³/mol. The van der Waals surface area contributed by atoms with E-state index in [0.717, 1.165) is 18.5 Å². The number of hydrogen-bond acceptors (Lipinski definition) is 3. The topological polar surface area (TPSA) is 30.5 Å². The maximum Gasteiger partial charge on any atom is 0.142 e. The van der Waals surface area contributed by atoms with E-state index in [1.807, 2.05) is 6.07 Å². The molecule has 0 spiro atoms. The Morgan fingerprint density at radius 1 is 1.22 bits per heavy atom. The van der Waals surface area contributed by atoms with Crippen LogP contribution in [0.3, 0.4) is 0 Å². The largest absolute Gasteiger partial charge is 0.489 e. The molecule has 0 amide bonds. The molecule has 102 valence electrons. The summed E-state index contributed by atoms with van der Waals surface area (Å²) in [7, 11) is 1.64. The molecule has 0 fully saturated rings. The Kier molecular flexibility index (Phi) is 7.44. The molecular weight excluding hydrogens is 273 g/mol. The molecule has 0 bridgehead atoms. The van der Waals surface area contributed by atoms with Gasteiger partial charge >= 0.3 is 0 Å². The lowest BCUT2D eigenvalue weighted by Gasteiger charge is -2.14. The van der Waals surface area contributed by atoms with Crippen LogP contribution >= 0.6 is 23.2 Å². The number of methoxy groups -OCH3 is 1. The Hall–Kier alpha value is -0.480. The van der Waals surface area contributed by atoms with E-state index in [2.05, 4.69) is 12.2 Å². The highest BCUT2D eigenvalue weighted by atomic mass is 35.5. The highest BCUT2D eigenvalue weighted by Crippen LogP contribution is 2.32. The van der Waals surface area contributed by atoms with Crippen molar-refractivity contribution in [1.82, 2.24) is 5.32 Å². The summed E-state index contributed by atoms with van der Waals surface area (Å²) in [6, 6.07) is 3.56. The highest BCUT2D eigenvalue weighted by molar-refractivity contribution is 6.35. The molecule has 1 N–H and O–H groups in total. The van der Waals surface area contributed by atoms with Crippen molar-refractivity contribution in [3.8, 4) is 5.75 Å². The third-order valence-corrected chi connectivity index (χ3v) is 2.86. The Morgan fingerprint density at radius 3 is 2.67 bits per heavy atom. The molecule has 0 saturated heterocycles. The summed E-state index contributed by atoms with van der Waals surface area (Å²) in [6.45, 7) is 4.76. The van der Waals surface area contributed by atoms with Gasteiger partial charge in [-0.15, -0.1) is 0 Å². The third-order valence-electron chi connectivity index (χ3n) is 2.36. The number of rotatable bonds is 8. The van der Waals surface area contributed by atoms with Crippen LogP contribution < -0.4 is 10.1 Å². The molecule has 0 saturated carbocycles. The van der Waals surface area contributed by atoms with Gasteiger partial charge in [-0.1, -0.05) is 30.1 Å². The average Bonchev–Trinajstić information content (AvgIpc) is 2.32. The lowest BCUT2D eigenvalue weighted by Crippen LogP contribution is -2.15. The van der Waals surface area contributed by atoms with Crippen LogP contribution in [0.2, 0.25) is 10.0 Å². The van der Waals surface area contributed by atoms with Crippen LogP contribution in [0.5, 0.6) is 5.75 Å². The van der Waals surface area contributed by atoms with E-state index in [-0.39, 0.29) is 0 Å². The molecule has 18 heavy (non-hydrogen) atoms. The van der Waals surface area contributed by atoms with E-state index in [1.54, 1.807) is 13.2 Å². The highest BCUT2D eigenvalue weighted by Gasteiger charge is 2.10. The number of ether oxygens (including phenoxy) is 2. The van der Waals surface area contributed by atoms with Crippen LogP contribution in [0.25, 0.3) is 0 Å². The maximum atomic E-state index is 6.15. The molecule has 0 aliphatic carbocycles. The number of hydrogen-bond donors (Lipinski definition) is 1. The molecule has 1 aromatic rings. The second-order valence-electron chi connectivity index (χ2n) is 3.89. The summed E-state index contributed by atoms with van der Waals surface area (Å²) >= 11 is 12.2. The molecule has 1 aromatic carbocycles. The third kappa shape index (κ3) is 5.02. The minimum absolute atomic E-state index is 0.471. The van der Waals surface area contributed by atoms with Crippen molar-refractivity contribution in [2.45, 2.75) is 19.9 Å². The Bertz CT molecular complexity index is 372. The first-order valence-electron chi connectivity index (χ1n) is 5.99. The van der Waals surface area contributed by atoms with Gasteiger partial charge in [-0.2, -0.15) is 0 Å². The molecular formula is C13H19Cl2NO2. The molecule has 0 unspecified atom stereocenters. The molecule has 5 heteroatoms. The molecule has 0 radical (unpaired) electrons. The summed E-state index contributed by atoms with van der Waals surface area (Å²) in [5.41, 5.74) is 0.969. The smallest absolute Gasteiger partial charge is 0.142 e. The van der Waals surface area contributed by atoms with Gasteiger partial charge in [-0.3, -0.25) is 0 Å². The predicted octanol–water partition coefficient (Wildman–Crippen LogP) is 3.52.